The Hall–Kier alpha value is -12.2. The Morgan fingerprint density at radius 1 is 0.219 bits per heavy atom. The first-order chi connectivity index (χ1) is 47.5. The van der Waals surface area contributed by atoms with Gasteiger partial charge in [0.2, 0.25) is 0 Å². The molecule has 2 aromatic heterocycles. The molecule has 2 aliphatic carbocycles. The van der Waals surface area contributed by atoms with Crippen molar-refractivity contribution < 1.29 is 0 Å². The minimum atomic E-state index is 0. The average molecular weight is 1520 g/mol. The van der Waals surface area contributed by atoms with Gasteiger partial charge in [-0.15, -0.1) is 0 Å². The van der Waals surface area contributed by atoms with E-state index in [0.29, 0.717) is 0 Å². The Morgan fingerprint density at radius 2 is 0.491 bits per heavy atom. The standard InChI is InChI=1S/C16H10.C15H14.2C14H10.C10H8.C9H8.C6H6.C5H5N.C4H4N2.18CH4/c1-3-11-7-9-13-5-2-6-14-10-8-12(4-1)15(11)16(13)14;1-15(2)13-9-5-3-7-11(13)12-8-4-6-10-14(12)15;1-3-7-13-11(5-1)9-10-12-6-2-4-8-14(12)13;1-2-6-12-10-14-8-4-3-7-13(14)9-11(12)5-1;1-2-6-10-8-4-3-7-9(10)5-1;1-2-5-9-7-3-6-8(9)4-1;2*1-2-4-6-5-3-1;1-2-5-4-6-3-1;;;;;;;;;;;;;;;;;;/h1-10H;3-10H,1-2H3;2*1-10H;1-8H;1-6H,7H2;1-6H;1-5H;1-4H;18*1H4. The SMILES string of the molecule is C.C.C.C.C.C.C.C.C.C.C.C.C.C.C.C.C.C.C1=Cc2ccccc2C1.CC1(C)c2ccccc2-c2ccccc21.c1cc2ccc3cccc4ccc(c1)c2c34.c1ccc2c(c1)ccc1ccccc12.c1ccc2cc3ccccc3cc2c1.c1ccc2ccccc2c1.c1ccccc1.c1ccncc1.c1cncnc1. The van der Waals surface area contributed by atoms with Crippen LogP contribution < -0.4 is 0 Å². The molecule has 114 heavy (non-hydrogen) atoms. The molecule has 606 valence electrons. The van der Waals surface area contributed by atoms with Crippen LogP contribution in [0.15, 0.2) is 401 Å². The fraction of sp³-hybridized carbons (Fsp3) is 0.198. The highest BCUT2D eigenvalue weighted by atomic mass is 14.8. The summed E-state index contributed by atoms with van der Waals surface area (Å²) in [5.41, 5.74) is 8.70. The van der Waals surface area contributed by atoms with Crippen LogP contribution in [0.5, 0.6) is 0 Å². The van der Waals surface area contributed by atoms with Crippen molar-refractivity contribution in [3.63, 3.8) is 0 Å². The van der Waals surface area contributed by atoms with E-state index < -0.39 is 0 Å². The molecule has 0 fully saturated rings. The molecule has 0 bridgehead atoms. The lowest BCUT2D eigenvalue weighted by Crippen LogP contribution is -2.14. The lowest BCUT2D eigenvalue weighted by Gasteiger charge is -2.20. The summed E-state index contributed by atoms with van der Waals surface area (Å²) in [5.74, 6) is 0. The summed E-state index contributed by atoms with van der Waals surface area (Å²) in [6, 6.07) is 127. The summed E-state index contributed by atoms with van der Waals surface area (Å²) in [6.07, 6.45) is 13.9. The van der Waals surface area contributed by atoms with Gasteiger partial charge in [-0.1, -0.05) is 493 Å². The van der Waals surface area contributed by atoms with Crippen LogP contribution >= 0.6 is 0 Å². The predicted octanol–water partition coefficient (Wildman–Crippen LogP) is 36.4. The van der Waals surface area contributed by atoms with Gasteiger partial charge in [0.1, 0.15) is 6.33 Å². The van der Waals surface area contributed by atoms with Crippen molar-refractivity contribution in [3.8, 4) is 11.1 Å². The Kier molecular flexibility index (Phi) is 59.3. The number of hydrogen-bond donors (Lipinski definition) is 0. The molecule has 0 radical (unpaired) electrons. The third-order valence-electron chi connectivity index (χ3n) is 17.2. The maximum Gasteiger partial charge on any atom is 0.115 e. The molecule has 0 saturated carbocycles. The van der Waals surface area contributed by atoms with Crippen LogP contribution in [0, 0.1) is 0 Å². The number of rotatable bonds is 0. The van der Waals surface area contributed by atoms with Gasteiger partial charge in [0, 0.05) is 30.2 Å². The second-order valence-corrected chi connectivity index (χ2v) is 23.8. The lowest BCUT2D eigenvalue weighted by molar-refractivity contribution is 0.660. The van der Waals surface area contributed by atoms with Gasteiger partial charge >= 0.3 is 0 Å². The van der Waals surface area contributed by atoms with E-state index in [-0.39, 0.29) is 139 Å². The van der Waals surface area contributed by atoms with Crippen molar-refractivity contribution in [2.24, 2.45) is 0 Å². The van der Waals surface area contributed by atoms with E-state index >= 15 is 0 Å². The normalized spacial score (nSPS) is 9.63. The summed E-state index contributed by atoms with van der Waals surface area (Å²) < 4.78 is 0. The van der Waals surface area contributed by atoms with E-state index in [4.69, 9.17) is 0 Å². The molecule has 20 rings (SSSR count). The molecule has 0 atom stereocenters. The summed E-state index contributed by atoms with van der Waals surface area (Å²) in [5, 5.41) is 21.3. The zero-order valence-electron chi connectivity index (χ0n) is 54.2. The molecule has 0 saturated heterocycles. The Morgan fingerprint density at radius 3 is 0.798 bits per heavy atom. The van der Waals surface area contributed by atoms with Gasteiger partial charge in [-0.2, -0.15) is 0 Å². The van der Waals surface area contributed by atoms with E-state index in [1.807, 2.05) is 54.6 Å². The summed E-state index contributed by atoms with van der Waals surface area (Å²) in [4.78, 5) is 11.1. The molecule has 18 aromatic rings. The van der Waals surface area contributed by atoms with E-state index in [1.54, 1.807) is 30.9 Å². The number of aromatic nitrogens is 3. The first kappa shape index (κ1) is 115. The van der Waals surface area contributed by atoms with Gasteiger partial charge in [-0.3, -0.25) is 4.98 Å². The van der Waals surface area contributed by atoms with Crippen LogP contribution in [-0.2, 0) is 11.8 Å². The summed E-state index contributed by atoms with van der Waals surface area (Å²) in [7, 11) is 0. The average Bonchev–Trinajstić information content (AvgIpc) is 1.65. The van der Waals surface area contributed by atoms with E-state index in [0.717, 1.165) is 6.42 Å². The van der Waals surface area contributed by atoms with Crippen LogP contribution in [0.4, 0.5) is 0 Å². The van der Waals surface area contributed by atoms with Gasteiger partial charge in [-0.05, 0) is 156 Å². The fourth-order valence-electron chi connectivity index (χ4n) is 12.5. The Bertz CT molecular complexity index is 4860. The molecule has 0 amide bonds. The fourth-order valence-corrected chi connectivity index (χ4v) is 12.5. The number of hydrogen-bond acceptors (Lipinski definition) is 3. The van der Waals surface area contributed by atoms with Crippen LogP contribution in [0.3, 0.4) is 0 Å². The van der Waals surface area contributed by atoms with Gasteiger partial charge in [0.15, 0.2) is 0 Å². The monoisotopic (exact) mass is 1520 g/mol. The third-order valence-corrected chi connectivity index (χ3v) is 17.2. The number of fused-ring (bicyclic) bond motifs is 10. The van der Waals surface area contributed by atoms with E-state index in [2.05, 4.69) is 344 Å². The third kappa shape index (κ3) is 29.5. The Balaban J connectivity index is -0.000000225. The molecule has 3 heteroatoms. The highest BCUT2D eigenvalue weighted by Crippen LogP contribution is 2.48. The molecular weight excluding hydrogens is 1380 g/mol. The van der Waals surface area contributed by atoms with Gasteiger partial charge in [0.25, 0.3) is 0 Å². The molecule has 2 aliphatic rings. The molecular formula is C111H147N3. The first-order valence-electron chi connectivity index (χ1n) is 32.8. The van der Waals surface area contributed by atoms with Crippen molar-refractivity contribution in [1.82, 2.24) is 15.0 Å². The smallest absolute Gasteiger partial charge is 0.115 e. The molecule has 0 aliphatic heterocycles. The number of allylic oxidation sites excluding steroid dienone is 1. The first-order valence-corrected chi connectivity index (χ1v) is 32.8. The molecule has 2 heterocycles. The Labute approximate surface area is 696 Å². The number of pyridine rings is 1. The summed E-state index contributed by atoms with van der Waals surface area (Å²) in [6.45, 7) is 4.61. The molecule has 0 N–H and O–H groups in total. The number of nitrogens with zero attached hydrogens (tertiary/aromatic N) is 3. The van der Waals surface area contributed by atoms with Crippen LogP contribution in [0.1, 0.15) is 170 Å². The zero-order valence-corrected chi connectivity index (χ0v) is 54.2. The molecule has 16 aromatic carbocycles. The maximum absolute atomic E-state index is 3.78. The van der Waals surface area contributed by atoms with Crippen molar-refractivity contribution in [3.05, 3.63) is 423 Å². The zero-order chi connectivity index (χ0) is 65.4. The van der Waals surface area contributed by atoms with E-state index in [1.165, 1.54) is 126 Å². The van der Waals surface area contributed by atoms with Crippen LogP contribution in [0.2, 0.25) is 0 Å². The summed E-state index contributed by atoms with van der Waals surface area (Å²) >= 11 is 0. The second kappa shape index (κ2) is 58.7. The van der Waals surface area contributed by atoms with Crippen molar-refractivity contribution in [1.29, 1.82) is 0 Å². The molecule has 0 spiro atoms. The van der Waals surface area contributed by atoms with E-state index in [9.17, 15) is 0 Å². The maximum atomic E-state index is 3.78. The number of benzene rings is 16. The highest BCUT2D eigenvalue weighted by molar-refractivity contribution is 6.23. The van der Waals surface area contributed by atoms with Gasteiger partial charge in [-0.25, -0.2) is 9.97 Å². The second-order valence-electron chi connectivity index (χ2n) is 23.8. The van der Waals surface area contributed by atoms with Crippen LogP contribution in [0.25, 0.3) is 103 Å². The van der Waals surface area contributed by atoms with Crippen molar-refractivity contribution in [2.45, 2.75) is 159 Å². The molecule has 3 nitrogen and oxygen atoms in total. The van der Waals surface area contributed by atoms with Crippen molar-refractivity contribution >= 4 is 92.3 Å². The van der Waals surface area contributed by atoms with Gasteiger partial charge < -0.3 is 0 Å². The topological polar surface area (TPSA) is 38.7 Å². The van der Waals surface area contributed by atoms with Gasteiger partial charge in [0.05, 0.1) is 0 Å². The molecule has 0 unspecified atom stereocenters. The minimum Gasteiger partial charge on any atom is -0.265 e. The largest absolute Gasteiger partial charge is 0.265 e. The predicted molar refractivity (Wildman–Crippen MR) is 534 cm³/mol. The van der Waals surface area contributed by atoms with Crippen LogP contribution in [-0.4, -0.2) is 15.0 Å². The quantitative estimate of drug-likeness (QED) is 0.112. The lowest BCUT2D eigenvalue weighted by atomic mass is 9.82. The highest BCUT2D eigenvalue weighted by Gasteiger charge is 2.34. The van der Waals surface area contributed by atoms with Crippen molar-refractivity contribution in [2.75, 3.05) is 0 Å². The minimum absolute atomic E-state index is 0.